The predicted octanol–water partition coefficient (Wildman–Crippen LogP) is 4.15. The summed E-state index contributed by atoms with van der Waals surface area (Å²) in [7, 11) is 0. The normalized spacial score (nSPS) is 11.0. The summed E-state index contributed by atoms with van der Waals surface area (Å²) in [5.41, 5.74) is 3.11. The van der Waals surface area contributed by atoms with Crippen molar-refractivity contribution in [1.29, 1.82) is 0 Å². The van der Waals surface area contributed by atoms with Gasteiger partial charge in [-0.2, -0.15) is 0 Å². The quantitative estimate of drug-likeness (QED) is 0.551. The van der Waals surface area contributed by atoms with Gasteiger partial charge in [-0.1, -0.05) is 24.3 Å². The van der Waals surface area contributed by atoms with Gasteiger partial charge in [-0.05, 0) is 29.6 Å². The third-order valence-electron chi connectivity index (χ3n) is 3.21. The highest BCUT2D eigenvalue weighted by Crippen LogP contribution is 2.30. The Labute approximate surface area is 120 Å². The molecule has 1 aromatic carbocycles. The lowest BCUT2D eigenvalue weighted by Crippen LogP contribution is -1.95. The van der Waals surface area contributed by atoms with Crippen molar-refractivity contribution in [3.05, 3.63) is 66.3 Å². The monoisotopic (exact) mass is 277 g/mol. The summed E-state index contributed by atoms with van der Waals surface area (Å²) in [6, 6.07) is 16.4. The largest absolute Gasteiger partial charge is 0.292 e. The number of hydrogen-bond acceptors (Lipinski definition) is 3. The molecule has 0 unspecified atom stereocenters. The average Bonchev–Trinajstić information content (AvgIpc) is 3.15. The SMILES string of the molecule is c1ccc(-n2c(-c3cccs3)nc3cnccc32)cc1. The zero-order valence-corrected chi connectivity index (χ0v) is 11.4. The molecule has 4 heteroatoms. The van der Waals surface area contributed by atoms with Gasteiger partial charge in [-0.15, -0.1) is 11.3 Å². The molecule has 3 nitrogen and oxygen atoms in total. The van der Waals surface area contributed by atoms with Gasteiger partial charge >= 0.3 is 0 Å². The summed E-state index contributed by atoms with van der Waals surface area (Å²) in [5, 5.41) is 2.07. The zero-order valence-electron chi connectivity index (χ0n) is 10.6. The Kier molecular flexibility index (Phi) is 2.60. The smallest absolute Gasteiger partial charge is 0.155 e. The van der Waals surface area contributed by atoms with Crippen LogP contribution >= 0.6 is 11.3 Å². The Morgan fingerprint density at radius 2 is 1.85 bits per heavy atom. The molecule has 0 saturated carbocycles. The average molecular weight is 277 g/mol. The fourth-order valence-corrected chi connectivity index (χ4v) is 3.04. The summed E-state index contributed by atoms with van der Waals surface area (Å²) < 4.78 is 2.18. The zero-order chi connectivity index (χ0) is 13.4. The van der Waals surface area contributed by atoms with Crippen LogP contribution in [0.4, 0.5) is 0 Å². The third-order valence-corrected chi connectivity index (χ3v) is 4.08. The minimum atomic E-state index is 0.916. The minimum absolute atomic E-state index is 0.916. The second-order valence-corrected chi connectivity index (χ2v) is 5.40. The van der Waals surface area contributed by atoms with E-state index in [9.17, 15) is 0 Å². The highest BCUT2D eigenvalue weighted by molar-refractivity contribution is 7.13. The second kappa shape index (κ2) is 4.58. The molecule has 0 saturated heterocycles. The van der Waals surface area contributed by atoms with Crippen LogP contribution in [-0.2, 0) is 0 Å². The fraction of sp³-hybridized carbons (Fsp3) is 0. The highest BCUT2D eigenvalue weighted by Gasteiger charge is 2.14. The molecule has 4 rings (SSSR count). The van der Waals surface area contributed by atoms with Crippen LogP contribution in [0.2, 0.25) is 0 Å². The number of para-hydroxylation sites is 1. The minimum Gasteiger partial charge on any atom is -0.292 e. The van der Waals surface area contributed by atoms with E-state index in [1.54, 1.807) is 11.3 Å². The standard InChI is InChI=1S/C16H11N3S/c1-2-5-12(6-3-1)19-14-8-9-17-11-13(14)18-16(19)15-7-4-10-20-15/h1-11H. The van der Waals surface area contributed by atoms with E-state index in [-0.39, 0.29) is 0 Å². The Balaban J connectivity index is 2.09. The van der Waals surface area contributed by atoms with Crippen molar-refractivity contribution >= 4 is 22.4 Å². The molecular weight excluding hydrogens is 266 g/mol. The maximum Gasteiger partial charge on any atom is 0.155 e. The van der Waals surface area contributed by atoms with E-state index < -0.39 is 0 Å². The fourth-order valence-electron chi connectivity index (χ4n) is 2.34. The molecule has 0 radical (unpaired) electrons. The molecule has 3 aromatic heterocycles. The lowest BCUT2D eigenvalue weighted by molar-refractivity contribution is 1.11. The van der Waals surface area contributed by atoms with Gasteiger partial charge in [0.25, 0.3) is 0 Å². The number of thiophene rings is 1. The Morgan fingerprint density at radius 1 is 0.950 bits per heavy atom. The lowest BCUT2D eigenvalue weighted by atomic mass is 10.3. The number of imidazole rings is 1. The first-order valence-electron chi connectivity index (χ1n) is 6.35. The molecule has 0 atom stereocenters. The highest BCUT2D eigenvalue weighted by atomic mass is 32.1. The van der Waals surface area contributed by atoms with Gasteiger partial charge in [0, 0.05) is 11.9 Å². The second-order valence-electron chi connectivity index (χ2n) is 4.45. The van der Waals surface area contributed by atoms with Crippen molar-refractivity contribution in [2.45, 2.75) is 0 Å². The van der Waals surface area contributed by atoms with Crippen molar-refractivity contribution in [3.8, 4) is 16.4 Å². The van der Waals surface area contributed by atoms with Crippen LogP contribution in [-0.4, -0.2) is 14.5 Å². The van der Waals surface area contributed by atoms with Gasteiger partial charge in [-0.25, -0.2) is 4.98 Å². The van der Waals surface area contributed by atoms with Gasteiger partial charge in [0.1, 0.15) is 5.52 Å². The number of nitrogens with zero attached hydrogens (tertiary/aromatic N) is 3. The summed E-state index contributed by atoms with van der Waals surface area (Å²) in [6.45, 7) is 0. The van der Waals surface area contributed by atoms with E-state index in [0.29, 0.717) is 0 Å². The first-order valence-corrected chi connectivity index (χ1v) is 7.23. The maximum atomic E-state index is 4.74. The lowest BCUT2D eigenvalue weighted by Gasteiger charge is -2.07. The van der Waals surface area contributed by atoms with E-state index >= 15 is 0 Å². The molecule has 0 fully saturated rings. The van der Waals surface area contributed by atoms with Crippen LogP contribution in [0.5, 0.6) is 0 Å². The van der Waals surface area contributed by atoms with Gasteiger partial charge in [0.2, 0.25) is 0 Å². The maximum absolute atomic E-state index is 4.74. The Hall–Kier alpha value is -2.46. The molecule has 0 aliphatic carbocycles. The van der Waals surface area contributed by atoms with Crippen LogP contribution < -0.4 is 0 Å². The summed E-state index contributed by atoms with van der Waals surface area (Å²) in [5.74, 6) is 0.967. The first-order chi connectivity index (χ1) is 9.93. The van der Waals surface area contributed by atoms with E-state index in [4.69, 9.17) is 4.98 Å². The van der Waals surface area contributed by atoms with Gasteiger partial charge in [0.05, 0.1) is 16.6 Å². The van der Waals surface area contributed by atoms with E-state index in [2.05, 4.69) is 33.1 Å². The molecule has 96 valence electrons. The molecule has 0 N–H and O–H groups in total. The summed E-state index contributed by atoms with van der Waals surface area (Å²) >= 11 is 1.70. The Bertz CT molecular complexity index is 848. The van der Waals surface area contributed by atoms with Crippen LogP contribution in [0, 0.1) is 0 Å². The van der Waals surface area contributed by atoms with Crippen molar-refractivity contribution < 1.29 is 0 Å². The molecule has 0 spiro atoms. The molecule has 20 heavy (non-hydrogen) atoms. The number of hydrogen-bond donors (Lipinski definition) is 0. The van der Waals surface area contributed by atoms with E-state index in [1.807, 2.05) is 42.7 Å². The van der Waals surface area contributed by atoms with E-state index in [0.717, 1.165) is 27.4 Å². The van der Waals surface area contributed by atoms with Crippen LogP contribution in [0.1, 0.15) is 0 Å². The molecule has 4 aromatic rings. The number of rotatable bonds is 2. The van der Waals surface area contributed by atoms with Gasteiger partial charge in [-0.3, -0.25) is 9.55 Å². The molecule has 0 aliphatic rings. The molecular formula is C16H11N3S. The van der Waals surface area contributed by atoms with Gasteiger partial charge < -0.3 is 0 Å². The predicted molar refractivity (Wildman–Crippen MR) is 82.2 cm³/mol. The molecule has 0 bridgehead atoms. The van der Waals surface area contributed by atoms with Crippen LogP contribution in [0.3, 0.4) is 0 Å². The molecule has 3 heterocycles. The first kappa shape index (κ1) is 11.4. The number of benzene rings is 1. The van der Waals surface area contributed by atoms with Crippen molar-refractivity contribution in [3.63, 3.8) is 0 Å². The molecule has 0 aliphatic heterocycles. The van der Waals surface area contributed by atoms with E-state index in [1.165, 1.54) is 0 Å². The summed E-state index contributed by atoms with van der Waals surface area (Å²) in [6.07, 6.45) is 3.62. The van der Waals surface area contributed by atoms with Crippen molar-refractivity contribution in [2.75, 3.05) is 0 Å². The van der Waals surface area contributed by atoms with Crippen LogP contribution in [0.15, 0.2) is 66.3 Å². The van der Waals surface area contributed by atoms with Crippen LogP contribution in [0.25, 0.3) is 27.4 Å². The summed E-state index contributed by atoms with van der Waals surface area (Å²) in [4.78, 5) is 10.1. The number of fused-ring (bicyclic) bond motifs is 1. The molecule has 0 amide bonds. The third kappa shape index (κ3) is 1.73. The van der Waals surface area contributed by atoms with Crippen molar-refractivity contribution in [2.24, 2.45) is 0 Å². The van der Waals surface area contributed by atoms with Crippen molar-refractivity contribution in [1.82, 2.24) is 14.5 Å². The number of pyridine rings is 1. The topological polar surface area (TPSA) is 30.7 Å². The Morgan fingerprint density at radius 3 is 2.65 bits per heavy atom. The number of aromatic nitrogens is 3. The van der Waals surface area contributed by atoms with Gasteiger partial charge in [0.15, 0.2) is 5.82 Å².